The van der Waals surface area contributed by atoms with Gasteiger partial charge in [0, 0.05) is 39.5 Å². The van der Waals surface area contributed by atoms with Gasteiger partial charge in [-0.3, -0.25) is 4.98 Å². The van der Waals surface area contributed by atoms with E-state index in [0.29, 0.717) is 0 Å². The molecule has 1 atom stereocenters. The third-order valence-corrected chi connectivity index (χ3v) is 4.14. The van der Waals surface area contributed by atoms with Gasteiger partial charge in [-0.15, -0.1) is 11.8 Å². The van der Waals surface area contributed by atoms with Crippen molar-refractivity contribution < 1.29 is 0 Å². The smallest absolute Gasteiger partial charge is 0.0420 e. The van der Waals surface area contributed by atoms with Gasteiger partial charge >= 0.3 is 0 Å². The summed E-state index contributed by atoms with van der Waals surface area (Å²) in [5.74, 6) is 0.905. The monoisotopic (exact) mass is 322 g/mol. The van der Waals surface area contributed by atoms with Crippen molar-refractivity contribution in [3.63, 3.8) is 0 Å². The molecule has 1 aromatic carbocycles. The lowest BCUT2D eigenvalue weighted by molar-refractivity contribution is 0.731. The van der Waals surface area contributed by atoms with Crippen molar-refractivity contribution in [1.29, 1.82) is 0 Å². The van der Waals surface area contributed by atoms with Gasteiger partial charge in [-0.1, -0.05) is 18.2 Å². The summed E-state index contributed by atoms with van der Waals surface area (Å²) in [6.45, 7) is 0. The average Bonchev–Trinajstić information content (AvgIpc) is 2.40. The summed E-state index contributed by atoms with van der Waals surface area (Å²) in [4.78, 5) is 5.60. The first kappa shape index (κ1) is 13.6. The van der Waals surface area contributed by atoms with Crippen LogP contribution < -0.4 is 5.73 Å². The summed E-state index contributed by atoms with van der Waals surface area (Å²) < 4.78 is 0.999. The summed E-state index contributed by atoms with van der Waals surface area (Å²) in [6, 6.07) is 14.5. The Labute approximate surface area is 120 Å². The van der Waals surface area contributed by atoms with E-state index < -0.39 is 0 Å². The SMILES string of the molecule is NC(CSc1ccccc1)Cc1ccc(Br)cn1. The number of hydrogen-bond donors (Lipinski definition) is 1. The number of nitrogens with zero attached hydrogens (tertiary/aromatic N) is 1. The van der Waals surface area contributed by atoms with E-state index in [1.807, 2.05) is 36.5 Å². The fraction of sp³-hybridized carbons (Fsp3) is 0.214. The van der Waals surface area contributed by atoms with Crippen LogP contribution in [0.5, 0.6) is 0 Å². The van der Waals surface area contributed by atoms with Crippen molar-refractivity contribution in [2.45, 2.75) is 17.4 Å². The summed E-state index contributed by atoms with van der Waals surface area (Å²) in [5, 5.41) is 0. The summed E-state index contributed by atoms with van der Waals surface area (Å²) >= 11 is 5.16. The van der Waals surface area contributed by atoms with Gasteiger partial charge in [0.15, 0.2) is 0 Å². The molecule has 0 bridgehead atoms. The molecular formula is C14H15BrN2S. The fourth-order valence-corrected chi connectivity index (χ4v) is 2.68. The Kier molecular flexibility index (Phi) is 5.23. The summed E-state index contributed by atoms with van der Waals surface area (Å²) in [7, 11) is 0. The third-order valence-electron chi connectivity index (χ3n) is 2.47. The average molecular weight is 323 g/mol. The number of nitrogens with two attached hydrogens (primary N) is 1. The molecule has 0 aliphatic heterocycles. The van der Waals surface area contributed by atoms with Gasteiger partial charge in [0.2, 0.25) is 0 Å². The van der Waals surface area contributed by atoms with Gasteiger partial charge in [-0.05, 0) is 40.2 Å². The number of thioether (sulfide) groups is 1. The predicted molar refractivity (Wildman–Crippen MR) is 80.8 cm³/mol. The van der Waals surface area contributed by atoms with Crippen LogP contribution in [0.1, 0.15) is 5.69 Å². The number of hydrogen-bond acceptors (Lipinski definition) is 3. The normalized spacial score (nSPS) is 12.3. The van der Waals surface area contributed by atoms with E-state index >= 15 is 0 Å². The molecule has 4 heteroatoms. The van der Waals surface area contributed by atoms with Gasteiger partial charge in [-0.2, -0.15) is 0 Å². The Balaban J connectivity index is 1.82. The number of aromatic nitrogens is 1. The Morgan fingerprint density at radius 2 is 1.94 bits per heavy atom. The van der Waals surface area contributed by atoms with E-state index in [4.69, 9.17) is 5.73 Å². The Morgan fingerprint density at radius 3 is 2.61 bits per heavy atom. The second-order valence-corrected chi connectivity index (χ2v) is 6.07. The van der Waals surface area contributed by atoms with Crippen molar-refractivity contribution in [2.24, 2.45) is 5.73 Å². The maximum Gasteiger partial charge on any atom is 0.0420 e. The lowest BCUT2D eigenvalue weighted by Crippen LogP contribution is -2.25. The molecular weight excluding hydrogens is 308 g/mol. The van der Waals surface area contributed by atoms with Crippen LogP contribution in [0.3, 0.4) is 0 Å². The van der Waals surface area contributed by atoms with E-state index in [-0.39, 0.29) is 6.04 Å². The minimum atomic E-state index is 0.129. The summed E-state index contributed by atoms with van der Waals surface area (Å²) in [5.41, 5.74) is 7.16. The number of halogens is 1. The molecule has 0 spiro atoms. The molecule has 94 valence electrons. The van der Waals surface area contributed by atoms with Gasteiger partial charge in [0.25, 0.3) is 0 Å². The van der Waals surface area contributed by atoms with Crippen LogP contribution in [0.4, 0.5) is 0 Å². The molecule has 18 heavy (non-hydrogen) atoms. The molecule has 0 aliphatic rings. The second kappa shape index (κ2) is 6.92. The van der Waals surface area contributed by atoms with E-state index in [0.717, 1.165) is 22.3 Å². The minimum Gasteiger partial charge on any atom is -0.327 e. The molecule has 0 aliphatic carbocycles. The molecule has 1 aromatic heterocycles. The number of rotatable bonds is 5. The molecule has 0 saturated carbocycles. The summed E-state index contributed by atoms with van der Waals surface area (Å²) in [6.07, 6.45) is 2.62. The van der Waals surface area contributed by atoms with Crippen LogP contribution in [0, 0.1) is 0 Å². The van der Waals surface area contributed by atoms with Crippen LogP contribution in [0.25, 0.3) is 0 Å². The van der Waals surface area contributed by atoms with Gasteiger partial charge in [0.05, 0.1) is 0 Å². The second-order valence-electron chi connectivity index (χ2n) is 4.06. The topological polar surface area (TPSA) is 38.9 Å². The first-order valence-electron chi connectivity index (χ1n) is 5.78. The molecule has 2 nitrogen and oxygen atoms in total. The van der Waals surface area contributed by atoms with Crippen LogP contribution in [-0.4, -0.2) is 16.8 Å². The quantitative estimate of drug-likeness (QED) is 0.856. The highest BCUT2D eigenvalue weighted by Crippen LogP contribution is 2.18. The van der Waals surface area contributed by atoms with E-state index in [9.17, 15) is 0 Å². The van der Waals surface area contributed by atoms with Gasteiger partial charge in [-0.25, -0.2) is 0 Å². The van der Waals surface area contributed by atoms with Crippen molar-refractivity contribution in [3.8, 4) is 0 Å². The molecule has 2 N–H and O–H groups in total. The van der Waals surface area contributed by atoms with Crippen molar-refractivity contribution >= 4 is 27.7 Å². The Bertz CT molecular complexity index is 473. The van der Waals surface area contributed by atoms with E-state index in [2.05, 4.69) is 33.0 Å². The highest BCUT2D eigenvalue weighted by Gasteiger charge is 2.06. The molecule has 1 unspecified atom stereocenters. The van der Waals surface area contributed by atoms with Crippen LogP contribution >= 0.6 is 27.7 Å². The minimum absolute atomic E-state index is 0.129. The molecule has 2 aromatic rings. The van der Waals surface area contributed by atoms with Gasteiger partial charge in [0.1, 0.15) is 0 Å². The fourth-order valence-electron chi connectivity index (χ4n) is 1.57. The zero-order valence-electron chi connectivity index (χ0n) is 9.92. The lowest BCUT2D eigenvalue weighted by Gasteiger charge is -2.10. The predicted octanol–water partition coefficient (Wildman–Crippen LogP) is 3.51. The van der Waals surface area contributed by atoms with Crippen molar-refractivity contribution in [2.75, 3.05) is 5.75 Å². The standard InChI is InChI=1S/C14H15BrN2S/c15-11-6-7-13(17-9-11)8-12(16)10-18-14-4-2-1-3-5-14/h1-7,9,12H,8,10,16H2. The Morgan fingerprint density at radius 1 is 1.17 bits per heavy atom. The lowest BCUT2D eigenvalue weighted by atomic mass is 10.2. The largest absolute Gasteiger partial charge is 0.327 e. The maximum atomic E-state index is 6.12. The Hall–Kier alpha value is -0.840. The third kappa shape index (κ3) is 4.44. The number of pyridine rings is 1. The molecule has 0 radical (unpaired) electrons. The van der Waals surface area contributed by atoms with Crippen LogP contribution in [0.2, 0.25) is 0 Å². The molecule has 0 amide bonds. The molecule has 2 rings (SSSR count). The molecule has 1 heterocycles. The van der Waals surface area contributed by atoms with Crippen LogP contribution in [-0.2, 0) is 6.42 Å². The number of benzene rings is 1. The van der Waals surface area contributed by atoms with Gasteiger partial charge < -0.3 is 5.73 Å². The van der Waals surface area contributed by atoms with Crippen molar-refractivity contribution in [1.82, 2.24) is 4.98 Å². The van der Waals surface area contributed by atoms with Crippen molar-refractivity contribution in [3.05, 3.63) is 58.8 Å². The molecule has 0 saturated heterocycles. The first-order chi connectivity index (χ1) is 8.74. The zero-order valence-corrected chi connectivity index (χ0v) is 12.3. The molecule has 0 fully saturated rings. The first-order valence-corrected chi connectivity index (χ1v) is 7.56. The zero-order chi connectivity index (χ0) is 12.8. The van der Waals surface area contributed by atoms with E-state index in [1.165, 1.54) is 4.90 Å². The highest BCUT2D eigenvalue weighted by molar-refractivity contribution is 9.10. The maximum absolute atomic E-state index is 6.12. The highest BCUT2D eigenvalue weighted by atomic mass is 79.9. The van der Waals surface area contributed by atoms with Crippen LogP contribution in [0.15, 0.2) is 58.0 Å². The van der Waals surface area contributed by atoms with E-state index in [1.54, 1.807) is 11.8 Å².